The van der Waals surface area contributed by atoms with Gasteiger partial charge in [0.25, 0.3) is 0 Å². The summed E-state index contributed by atoms with van der Waals surface area (Å²) < 4.78 is 50.1. The first-order valence-electron chi connectivity index (χ1n) is 6.68. The zero-order valence-corrected chi connectivity index (χ0v) is 13.1. The van der Waals surface area contributed by atoms with Crippen molar-refractivity contribution in [3.63, 3.8) is 0 Å². The van der Waals surface area contributed by atoms with E-state index in [4.69, 9.17) is 33.9 Å². The Labute approximate surface area is 140 Å². The molecule has 1 atom stereocenters. The van der Waals surface area contributed by atoms with Crippen LogP contribution in [0.2, 0.25) is 5.02 Å². The zero-order valence-electron chi connectivity index (χ0n) is 12.4. The summed E-state index contributed by atoms with van der Waals surface area (Å²) in [5.41, 5.74) is 16.8. The predicted molar refractivity (Wildman–Crippen MR) is 83.7 cm³/mol. The molecule has 24 heavy (non-hydrogen) atoms. The summed E-state index contributed by atoms with van der Waals surface area (Å²) in [6.07, 6.45) is -6.64. The van der Waals surface area contributed by atoms with E-state index in [-0.39, 0.29) is 34.3 Å². The molecule has 0 aliphatic rings. The van der Waals surface area contributed by atoms with Crippen LogP contribution in [0.5, 0.6) is 0 Å². The summed E-state index contributed by atoms with van der Waals surface area (Å²) in [7, 11) is 0. The summed E-state index contributed by atoms with van der Waals surface area (Å²) in [6.45, 7) is -0.271. The van der Waals surface area contributed by atoms with Crippen molar-refractivity contribution in [1.82, 2.24) is 5.32 Å². The first kappa shape index (κ1) is 19.9. The first-order chi connectivity index (χ1) is 11.0. The van der Waals surface area contributed by atoms with Crippen LogP contribution in [0.25, 0.3) is 5.70 Å². The van der Waals surface area contributed by atoms with Gasteiger partial charge in [0, 0.05) is 22.8 Å². The number of allylic oxidation sites excluding steroid dienone is 1. The Balaban J connectivity index is 2.78. The van der Waals surface area contributed by atoms with Gasteiger partial charge in [-0.05, 0) is 30.7 Å². The number of nitrogens with one attached hydrogen (secondary N) is 1. The molecule has 1 unspecified atom stereocenters. The number of benzene rings is 1. The minimum absolute atomic E-state index is 0.00532. The number of halogens is 5. The number of rotatable bonds is 6. The Morgan fingerprint density at radius 2 is 1.92 bits per heavy atom. The second-order valence-corrected chi connectivity index (χ2v) is 5.30. The molecule has 0 fully saturated rings. The molecule has 134 valence electrons. The molecule has 0 radical (unpaired) electrons. The average molecular weight is 369 g/mol. The monoisotopic (exact) mass is 368 g/mol. The van der Waals surface area contributed by atoms with Gasteiger partial charge < -0.3 is 27.6 Å². The highest BCUT2D eigenvalue weighted by Crippen LogP contribution is 2.22. The number of alkyl halides is 3. The van der Waals surface area contributed by atoms with Gasteiger partial charge >= 0.3 is 6.18 Å². The van der Waals surface area contributed by atoms with Gasteiger partial charge in [-0.15, -0.1) is 0 Å². The number of nitrogens with two attached hydrogens (primary N) is 3. The van der Waals surface area contributed by atoms with Crippen molar-refractivity contribution in [2.45, 2.75) is 18.7 Å². The molecule has 0 aliphatic carbocycles. The van der Waals surface area contributed by atoms with Crippen LogP contribution in [0.15, 0.2) is 35.8 Å². The van der Waals surface area contributed by atoms with E-state index in [0.717, 1.165) is 12.1 Å². The third-order valence-corrected chi connectivity index (χ3v) is 3.21. The zero-order chi connectivity index (χ0) is 18.5. The molecule has 0 spiro atoms. The van der Waals surface area contributed by atoms with Crippen LogP contribution >= 0.6 is 11.6 Å². The lowest BCUT2D eigenvalue weighted by Crippen LogP contribution is -2.33. The number of hydrogen-bond donors (Lipinski definition) is 5. The third-order valence-electron chi connectivity index (χ3n) is 2.97. The number of aliphatic hydroxyl groups is 1. The van der Waals surface area contributed by atoms with E-state index < -0.39 is 24.5 Å². The molecule has 1 aromatic carbocycles. The fourth-order valence-electron chi connectivity index (χ4n) is 1.65. The van der Waals surface area contributed by atoms with Crippen molar-refractivity contribution in [3.05, 3.63) is 52.2 Å². The molecular formula is C14H17ClF4N4O. The molecular weight excluding hydrogens is 352 g/mol. The van der Waals surface area contributed by atoms with Gasteiger partial charge in [-0.3, -0.25) is 0 Å². The Hall–Kier alpha value is -2.13. The van der Waals surface area contributed by atoms with E-state index in [2.05, 4.69) is 5.32 Å². The fraction of sp³-hybridized carbons (Fsp3) is 0.286. The second-order valence-electron chi connectivity index (χ2n) is 4.87. The van der Waals surface area contributed by atoms with Crippen LogP contribution in [0, 0.1) is 5.82 Å². The molecule has 0 aromatic heterocycles. The molecule has 1 rings (SSSR count). The lowest BCUT2D eigenvalue weighted by atomic mass is 10.1. The van der Waals surface area contributed by atoms with Gasteiger partial charge in [0.05, 0.1) is 5.70 Å². The Bertz CT molecular complexity index is 646. The number of aliphatic hydroxyl groups excluding tert-OH is 1. The van der Waals surface area contributed by atoms with Crippen LogP contribution in [0.4, 0.5) is 17.6 Å². The highest BCUT2D eigenvalue weighted by atomic mass is 35.5. The normalized spacial score (nSPS) is 15.0. The quantitative estimate of drug-likeness (QED) is 0.388. The Morgan fingerprint density at radius 1 is 1.29 bits per heavy atom. The van der Waals surface area contributed by atoms with E-state index in [9.17, 15) is 17.6 Å². The lowest BCUT2D eigenvalue weighted by molar-refractivity contribution is -0.204. The summed E-state index contributed by atoms with van der Waals surface area (Å²) >= 11 is 5.75. The Kier molecular flexibility index (Phi) is 6.73. The summed E-state index contributed by atoms with van der Waals surface area (Å²) in [5, 5.41) is 11.5. The van der Waals surface area contributed by atoms with E-state index >= 15 is 0 Å². The fourth-order valence-corrected chi connectivity index (χ4v) is 1.82. The van der Waals surface area contributed by atoms with Gasteiger partial charge in [-0.2, -0.15) is 13.2 Å². The largest absolute Gasteiger partial charge is 0.414 e. The molecule has 8 N–H and O–H groups in total. The van der Waals surface area contributed by atoms with Crippen molar-refractivity contribution in [2.24, 2.45) is 17.2 Å². The van der Waals surface area contributed by atoms with Gasteiger partial charge in [-0.1, -0.05) is 11.6 Å². The van der Waals surface area contributed by atoms with Gasteiger partial charge in [-0.25, -0.2) is 4.39 Å². The average Bonchev–Trinajstić information content (AvgIpc) is 2.48. The van der Waals surface area contributed by atoms with Gasteiger partial charge in [0.1, 0.15) is 11.6 Å². The molecule has 1 aromatic rings. The second kappa shape index (κ2) is 8.11. The van der Waals surface area contributed by atoms with Crippen molar-refractivity contribution in [2.75, 3.05) is 6.54 Å². The first-order valence-corrected chi connectivity index (χ1v) is 7.06. The third kappa shape index (κ3) is 5.82. The van der Waals surface area contributed by atoms with Crippen molar-refractivity contribution in [3.8, 4) is 0 Å². The topological polar surface area (TPSA) is 110 Å². The number of hydrogen-bond acceptors (Lipinski definition) is 5. The van der Waals surface area contributed by atoms with Crippen molar-refractivity contribution >= 4 is 17.3 Å². The van der Waals surface area contributed by atoms with Crippen molar-refractivity contribution < 1.29 is 22.7 Å². The predicted octanol–water partition coefficient (Wildman–Crippen LogP) is 1.77. The molecule has 0 aliphatic heterocycles. The smallest absolute Gasteiger partial charge is 0.398 e. The molecule has 0 saturated carbocycles. The van der Waals surface area contributed by atoms with Crippen LogP contribution < -0.4 is 22.5 Å². The Morgan fingerprint density at radius 3 is 2.50 bits per heavy atom. The SMILES string of the molecule is N/C(=C\C(N)=C(/N)NCCC(O)C(F)(F)F)c1cc(Cl)ccc1F. The van der Waals surface area contributed by atoms with Gasteiger partial charge in [0.15, 0.2) is 6.10 Å². The van der Waals surface area contributed by atoms with E-state index in [1.54, 1.807) is 0 Å². The van der Waals surface area contributed by atoms with E-state index in [0.29, 0.717) is 0 Å². The van der Waals surface area contributed by atoms with Crippen molar-refractivity contribution in [1.29, 1.82) is 0 Å². The highest BCUT2D eigenvalue weighted by Gasteiger charge is 2.37. The highest BCUT2D eigenvalue weighted by molar-refractivity contribution is 6.30. The maximum atomic E-state index is 13.7. The molecule has 10 heteroatoms. The van der Waals surface area contributed by atoms with Gasteiger partial charge in [0.2, 0.25) is 0 Å². The van der Waals surface area contributed by atoms with Crippen LogP contribution in [-0.4, -0.2) is 23.9 Å². The standard InChI is InChI=1S/C14H17ClF4N4O/c15-7-1-2-9(16)8(5-7)10(20)6-11(21)13(22)23-4-3-12(24)14(17,18)19/h1-2,5-6,12,23-24H,3-4,20-22H2/b10-6-,13-11-. The molecule has 0 heterocycles. The maximum absolute atomic E-state index is 13.7. The molecule has 5 nitrogen and oxygen atoms in total. The van der Waals surface area contributed by atoms with E-state index in [1.165, 1.54) is 12.1 Å². The lowest BCUT2D eigenvalue weighted by Gasteiger charge is -2.15. The summed E-state index contributed by atoms with van der Waals surface area (Å²) in [4.78, 5) is 0. The summed E-state index contributed by atoms with van der Waals surface area (Å²) in [6, 6.07) is 3.76. The minimum atomic E-state index is -4.71. The molecule has 0 amide bonds. The van der Waals surface area contributed by atoms with E-state index in [1.807, 2.05) is 0 Å². The minimum Gasteiger partial charge on any atom is -0.398 e. The molecule has 0 saturated heterocycles. The van der Waals surface area contributed by atoms with Crippen LogP contribution in [-0.2, 0) is 0 Å². The maximum Gasteiger partial charge on any atom is 0.414 e. The summed E-state index contributed by atoms with van der Waals surface area (Å²) in [5.74, 6) is -0.782. The van der Waals surface area contributed by atoms with Crippen LogP contribution in [0.3, 0.4) is 0 Å². The molecule has 0 bridgehead atoms. The van der Waals surface area contributed by atoms with Crippen LogP contribution in [0.1, 0.15) is 12.0 Å².